The van der Waals surface area contributed by atoms with Crippen LogP contribution in [0.1, 0.15) is 0 Å². The van der Waals surface area contributed by atoms with Crippen LogP contribution >= 0.6 is 0 Å². The number of hydrogen-bond acceptors (Lipinski definition) is 0. The van der Waals surface area contributed by atoms with Gasteiger partial charge >= 0.3 is 0 Å². The SMILES string of the molecule is [B](c1ccccc1)c1ccccc1-c1ccccc1. The third kappa shape index (κ3) is 2.77. The lowest BCUT2D eigenvalue weighted by Crippen LogP contribution is -2.28. The maximum absolute atomic E-state index is 2.22. The van der Waals surface area contributed by atoms with E-state index in [-0.39, 0.29) is 0 Å². The highest BCUT2D eigenvalue weighted by Crippen LogP contribution is 2.15. The van der Waals surface area contributed by atoms with Crippen LogP contribution in [0.2, 0.25) is 0 Å². The Morgan fingerprint density at radius 1 is 0.526 bits per heavy atom. The summed E-state index contributed by atoms with van der Waals surface area (Å²) in [6, 6.07) is 29.4. The quantitative estimate of drug-likeness (QED) is 0.618. The number of hydrogen-bond donors (Lipinski definition) is 0. The van der Waals surface area contributed by atoms with E-state index in [2.05, 4.69) is 80.1 Å². The molecule has 0 amide bonds. The highest BCUT2D eigenvalue weighted by atomic mass is 14.0. The predicted octanol–water partition coefficient (Wildman–Crippen LogP) is 3.01. The molecule has 0 fully saturated rings. The summed E-state index contributed by atoms with van der Waals surface area (Å²) in [6.45, 7) is 0. The highest BCUT2D eigenvalue weighted by molar-refractivity contribution is 6.68. The molecule has 0 saturated carbocycles. The molecule has 0 aliphatic rings. The zero-order valence-electron chi connectivity index (χ0n) is 10.7. The Morgan fingerprint density at radius 2 is 1.11 bits per heavy atom. The maximum Gasteiger partial charge on any atom is 0.192 e. The van der Waals surface area contributed by atoms with Gasteiger partial charge < -0.3 is 0 Å². The molecule has 0 heterocycles. The molecule has 0 aliphatic carbocycles. The molecule has 3 rings (SSSR count). The predicted molar refractivity (Wildman–Crippen MR) is 83.3 cm³/mol. The molecule has 89 valence electrons. The van der Waals surface area contributed by atoms with E-state index in [1.165, 1.54) is 22.1 Å². The lowest BCUT2D eigenvalue weighted by atomic mass is 9.62. The molecule has 0 unspecified atom stereocenters. The van der Waals surface area contributed by atoms with Crippen molar-refractivity contribution >= 4 is 18.2 Å². The molecule has 0 spiro atoms. The van der Waals surface area contributed by atoms with Gasteiger partial charge in [-0.1, -0.05) is 95.9 Å². The molecule has 1 heteroatoms. The van der Waals surface area contributed by atoms with Gasteiger partial charge in [-0.15, -0.1) is 0 Å². The van der Waals surface area contributed by atoms with Crippen molar-refractivity contribution in [1.29, 1.82) is 0 Å². The van der Waals surface area contributed by atoms with E-state index in [1.807, 2.05) is 12.1 Å². The Hall–Kier alpha value is -2.28. The first-order valence-corrected chi connectivity index (χ1v) is 6.48. The van der Waals surface area contributed by atoms with E-state index in [9.17, 15) is 0 Å². The van der Waals surface area contributed by atoms with Gasteiger partial charge in [0.2, 0.25) is 0 Å². The van der Waals surface area contributed by atoms with E-state index in [1.54, 1.807) is 0 Å². The summed E-state index contributed by atoms with van der Waals surface area (Å²) in [6.07, 6.45) is 0. The molecule has 0 nitrogen and oxygen atoms in total. The first-order valence-electron chi connectivity index (χ1n) is 6.48. The molecule has 1 radical (unpaired) electrons. The van der Waals surface area contributed by atoms with Crippen LogP contribution in [0.3, 0.4) is 0 Å². The Balaban J connectivity index is 1.99. The van der Waals surface area contributed by atoms with Gasteiger partial charge in [-0.25, -0.2) is 0 Å². The lowest BCUT2D eigenvalue weighted by Gasteiger charge is -2.09. The van der Waals surface area contributed by atoms with Crippen LogP contribution in [-0.2, 0) is 0 Å². The highest BCUT2D eigenvalue weighted by Gasteiger charge is 2.05. The van der Waals surface area contributed by atoms with Crippen LogP contribution in [0.5, 0.6) is 0 Å². The first-order chi connectivity index (χ1) is 9.43. The third-order valence-electron chi connectivity index (χ3n) is 3.17. The molecule has 0 N–H and O–H groups in total. The fourth-order valence-corrected chi connectivity index (χ4v) is 2.23. The molecule has 0 aliphatic heterocycles. The van der Waals surface area contributed by atoms with Gasteiger partial charge in [0.05, 0.1) is 0 Å². The van der Waals surface area contributed by atoms with Crippen LogP contribution in [0.25, 0.3) is 11.1 Å². The smallest absolute Gasteiger partial charge is 0.0814 e. The summed E-state index contributed by atoms with van der Waals surface area (Å²) in [7, 11) is 2.22. The van der Waals surface area contributed by atoms with Crippen molar-refractivity contribution in [2.75, 3.05) is 0 Å². The Morgan fingerprint density at radius 3 is 1.84 bits per heavy atom. The summed E-state index contributed by atoms with van der Waals surface area (Å²) < 4.78 is 0. The lowest BCUT2D eigenvalue weighted by molar-refractivity contribution is 1.64. The third-order valence-corrected chi connectivity index (χ3v) is 3.17. The second-order valence-electron chi connectivity index (χ2n) is 4.51. The summed E-state index contributed by atoms with van der Waals surface area (Å²) in [5.74, 6) is 0. The Kier molecular flexibility index (Phi) is 3.46. The zero-order chi connectivity index (χ0) is 12.9. The van der Waals surface area contributed by atoms with Crippen LogP contribution in [-0.4, -0.2) is 7.28 Å². The normalized spacial score (nSPS) is 10.1. The fraction of sp³-hybridized carbons (Fsp3) is 0. The topological polar surface area (TPSA) is 0 Å². The molecule has 0 atom stereocenters. The van der Waals surface area contributed by atoms with Crippen LogP contribution in [0, 0.1) is 0 Å². The van der Waals surface area contributed by atoms with Gasteiger partial charge in [0.25, 0.3) is 0 Å². The molecule has 19 heavy (non-hydrogen) atoms. The van der Waals surface area contributed by atoms with Crippen molar-refractivity contribution in [2.24, 2.45) is 0 Å². The van der Waals surface area contributed by atoms with E-state index < -0.39 is 0 Å². The van der Waals surface area contributed by atoms with Crippen LogP contribution < -0.4 is 10.9 Å². The van der Waals surface area contributed by atoms with E-state index in [0.29, 0.717) is 0 Å². The second-order valence-corrected chi connectivity index (χ2v) is 4.51. The van der Waals surface area contributed by atoms with E-state index >= 15 is 0 Å². The Labute approximate surface area is 115 Å². The maximum atomic E-state index is 2.22. The average Bonchev–Trinajstić information content (AvgIpc) is 2.50. The molecular weight excluding hydrogens is 227 g/mol. The molecular formula is C18H14B. The molecule has 0 aromatic heterocycles. The monoisotopic (exact) mass is 241 g/mol. The van der Waals surface area contributed by atoms with Crippen molar-refractivity contribution in [2.45, 2.75) is 0 Å². The van der Waals surface area contributed by atoms with Gasteiger partial charge in [-0.2, -0.15) is 0 Å². The minimum Gasteiger partial charge on any atom is -0.0814 e. The number of benzene rings is 3. The molecule has 3 aromatic carbocycles. The van der Waals surface area contributed by atoms with Crippen molar-refractivity contribution in [3.8, 4) is 11.1 Å². The van der Waals surface area contributed by atoms with Crippen molar-refractivity contribution in [1.82, 2.24) is 0 Å². The summed E-state index contributed by atoms with van der Waals surface area (Å²) in [5, 5.41) is 0. The molecule has 3 aromatic rings. The fourth-order valence-electron chi connectivity index (χ4n) is 2.23. The number of rotatable bonds is 3. The summed E-state index contributed by atoms with van der Waals surface area (Å²) >= 11 is 0. The second kappa shape index (κ2) is 5.58. The van der Waals surface area contributed by atoms with Gasteiger partial charge in [0, 0.05) is 0 Å². The minimum absolute atomic E-state index is 1.23. The standard InChI is InChI=1S/C18H14B/c1-3-9-15(10-4-1)17-13-7-8-14-18(17)19-16-11-5-2-6-12-16/h1-14H. The van der Waals surface area contributed by atoms with Crippen molar-refractivity contribution in [3.05, 3.63) is 84.9 Å². The van der Waals surface area contributed by atoms with Crippen LogP contribution in [0.15, 0.2) is 84.9 Å². The van der Waals surface area contributed by atoms with Crippen molar-refractivity contribution in [3.63, 3.8) is 0 Å². The van der Waals surface area contributed by atoms with Crippen molar-refractivity contribution < 1.29 is 0 Å². The molecule has 0 saturated heterocycles. The van der Waals surface area contributed by atoms with E-state index in [0.717, 1.165) is 0 Å². The average molecular weight is 241 g/mol. The minimum atomic E-state index is 1.23. The summed E-state index contributed by atoms with van der Waals surface area (Å²) in [5.41, 5.74) is 5.00. The van der Waals surface area contributed by atoms with E-state index in [4.69, 9.17) is 0 Å². The van der Waals surface area contributed by atoms with Gasteiger partial charge in [0.1, 0.15) is 0 Å². The van der Waals surface area contributed by atoms with Gasteiger partial charge in [0.15, 0.2) is 7.28 Å². The first kappa shape index (κ1) is 11.8. The zero-order valence-corrected chi connectivity index (χ0v) is 10.7. The Bertz CT molecular complexity index is 645. The van der Waals surface area contributed by atoms with Gasteiger partial charge in [-0.3, -0.25) is 0 Å². The van der Waals surface area contributed by atoms with Crippen LogP contribution in [0.4, 0.5) is 0 Å². The van der Waals surface area contributed by atoms with Gasteiger partial charge in [-0.05, 0) is 11.1 Å². The summed E-state index contributed by atoms with van der Waals surface area (Å²) in [4.78, 5) is 0. The largest absolute Gasteiger partial charge is 0.192 e. The molecule has 0 bridgehead atoms.